The molecule has 0 aromatic heterocycles. The number of rotatable bonds is 3. The van der Waals surface area contributed by atoms with Gasteiger partial charge in [-0.1, -0.05) is 44.2 Å². The minimum Gasteiger partial charge on any atom is -0.398 e. The Kier molecular flexibility index (Phi) is 4.47. The Morgan fingerprint density at radius 3 is 2.86 bits per heavy atom. The highest BCUT2D eigenvalue weighted by atomic mass is 16.2. The molecule has 0 radical (unpaired) electrons. The lowest BCUT2D eigenvalue weighted by Crippen LogP contribution is -2.36. The third-order valence-electron chi connectivity index (χ3n) is 5.15. The molecule has 114 valence electrons. The number of carbonyl (C=O) groups is 1. The summed E-state index contributed by atoms with van der Waals surface area (Å²) in [6.07, 6.45) is 9.46. The van der Waals surface area contributed by atoms with E-state index < -0.39 is 0 Å². The largest absolute Gasteiger partial charge is 0.398 e. The van der Waals surface area contributed by atoms with Gasteiger partial charge in [-0.3, -0.25) is 4.79 Å². The molecule has 0 bridgehead atoms. The number of amides is 1. The molecule has 0 unspecified atom stereocenters. The summed E-state index contributed by atoms with van der Waals surface area (Å²) in [6, 6.07) is 6.08. The van der Waals surface area contributed by atoms with Gasteiger partial charge >= 0.3 is 0 Å². The van der Waals surface area contributed by atoms with E-state index >= 15 is 0 Å². The highest BCUT2D eigenvalue weighted by Crippen LogP contribution is 2.29. The monoisotopic (exact) mass is 286 g/mol. The van der Waals surface area contributed by atoms with Crippen LogP contribution in [-0.2, 0) is 17.8 Å². The summed E-state index contributed by atoms with van der Waals surface area (Å²) in [5.74, 6) is 1.10. The van der Waals surface area contributed by atoms with Gasteiger partial charge in [-0.2, -0.15) is 0 Å². The molecular weight excluding hydrogens is 260 g/mol. The average molecular weight is 286 g/mol. The van der Waals surface area contributed by atoms with E-state index in [9.17, 15) is 4.79 Å². The van der Waals surface area contributed by atoms with Crippen molar-refractivity contribution in [2.45, 2.75) is 57.9 Å². The van der Waals surface area contributed by atoms with Crippen LogP contribution in [0.4, 0.5) is 5.69 Å². The lowest BCUT2D eigenvalue weighted by Gasteiger charge is -2.30. The predicted molar refractivity (Wildman–Crippen MR) is 85.8 cm³/mol. The lowest BCUT2D eigenvalue weighted by atomic mass is 9.86. The second kappa shape index (κ2) is 6.50. The van der Waals surface area contributed by atoms with Gasteiger partial charge in [-0.25, -0.2) is 0 Å². The van der Waals surface area contributed by atoms with Gasteiger partial charge in [0.25, 0.3) is 0 Å². The van der Waals surface area contributed by atoms with Crippen molar-refractivity contribution in [2.24, 2.45) is 5.92 Å². The Morgan fingerprint density at radius 2 is 2.05 bits per heavy atom. The Bertz CT molecular complexity index is 506. The van der Waals surface area contributed by atoms with Crippen LogP contribution in [0.2, 0.25) is 0 Å². The number of carbonyl (C=O) groups excluding carboxylic acids is 1. The third-order valence-corrected chi connectivity index (χ3v) is 5.15. The highest BCUT2D eigenvalue weighted by molar-refractivity contribution is 5.77. The fourth-order valence-corrected chi connectivity index (χ4v) is 3.78. The first-order valence-corrected chi connectivity index (χ1v) is 8.38. The van der Waals surface area contributed by atoms with Gasteiger partial charge < -0.3 is 10.6 Å². The first kappa shape index (κ1) is 14.4. The molecule has 3 nitrogen and oxygen atoms in total. The minimum atomic E-state index is 0.314. The van der Waals surface area contributed by atoms with E-state index in [-0.39, 0.29) is 0 Å². The Morgan fingerprint density at radius 1 is 1.24 bits per heavy atom. The van der Waals surface area contributed by atoms with Crippen LogP contribution >= 0.6 is 0 Å². The molecule has 1 heterocycles. The number of anilines is 1. The molecular formula is C18H26N2O. The molecule has 2 aliphatic rings. The van der Waals surface area contributed by atoms with Gasteiger partial charge in [0.2, 0.25) is 5.91 Å². The molecule has 1 saturated carbocycles. The quantitative estimate of drug-likeness (QED) is 0.864. The molecule has 1 aromatic rings. The van der Waals surface area contributed by atoms with Gasteiger partial charge in [0.1, 0.15) is 0 Å². The van der Waals surface area contributed by atoms with E-state index in [2.05, 4.69) is 6.07 Å². The van der Waals surface area contributed by atoms with Crippen molar-refractivity contribution in [3.05, 3.63) is 29.3 Å². The van der Waals surface area contributed by atoms with E-state index in [1.165, 1.54) is 37.7 Å². The van der Waals surface area contributed by atoms with Crippen LogP contribution in [0.15, 0.2) is 18.2 Å². The smallest absolute Gasteiger partial charge is 0.222 e. The van der Waals surface area contributed by atoms with Crippen molar-refractivity contribution in [3.8, 4) is 0 Å². The molecule has 1 amide bonds. The normalized spacial score (nSPS) is 19.3. The molecule has 1 aromatic carbocycles. The van der Waals surface area contributed by atoms with E-state index in [0.717, 1.165) is 36.6 Å². The van der Waals surface area contributed by atoms with Crippen LogP contribution in [0.1, 0.15) is 56.1 Å². The molecule has 1 aliphatic heterocycles. The molecule has 3 rings (SSSR count). The van der Waals surface area contributed by atoms with Crippen molar-refractivity contribution in [2.75, 3.05) is 12.3 Å². The van der Waals surface area contributed by atoms with Crippen molar-refractivity contribution < 1.29 is 4.79 Å². The van der Waals surface area contributed by atoms with E-state index in [0.29, 0.717) is 18.9 Å². The summed E-state index contributed by atoms with van der Waals surface area (Å²) in [6.45, 7) is 1.55. The average Bonchev–Trinajstić information content (AvgIpc) is 2.54. The Hall–Kier alpha value is -1.51. The van der Waals surface area contributed by atoms with Crippen LogP contribution in [-0.4, -0.2) is 17.4 Å². The number of hydrogen-bond donors (Lipinski definition) is 1. The first-order valence-electron chi connectivity index (χ1n) is 8.38. The van der Waals surface area contributed by atoms with Crippen LogP contribution in [0, 0.1) is 5.92 Å². The predicted octanol–water partition coefficient (Wildman–Crippen LogP) is 3.51. The molecule has 0 spiro atoms. The van der Waals surface area contributed by atoms with Gasteiger partial charge in [0.05, 0.1) is 0 Å². The maximum Gasteiger partial charge on any atom is 0.222 e. The number of fused-ring (bicyclic) bond motifs is 1. The summed E-state index contributed by atoms with van der Waals surface area (Å²) in [5, 5.41) is 0. The minimum absolute atomic E-state index is 0.314. The van der Waals surface area contributed by atoms with Gasteiger partial charge in [-0.15, -0.1) is 0 Å². The molecule has 1 fully saturated rings. The maximum atomic E-state index is 12.4. The zero-order chi connectivity index (χ0) is 14.7. The fourth-order valence-electron chi connectivity index (χ4n) is 3.78. The van der Waals surface area contributed by atoms with Crippen molar-refractivity contribution in [1.82, 2.24) is 4.90 Å². The van der Waals surface area contributed by atoms with Crippen molar-refractivity contribution in [1.29, 1.82) is 0 Å². The standard InChI is InChI=1S/C18H26N2O/c19-17-8-4-7-15-11-12-20(13-16(15)17)18(21)10-9-14-5-2-1-3-6-14/h4,7-8,14H,1-3,5-6,9-13,19H2. The van der Waals surface area contributed by atoms with Gasteiger partial charge in [-0.05, 0) is 36.0 Å². The van der Waals surface area contributed by atoms with Gasteiger partial charge in [0.15, 0.2) is 0 Å². The highest BCUT2D eigenvalue weighted by Gasteiger charge is 2.23. The lowest BCUT2D eigenvalue weighted by molar-refractivity contribution is -0.132. The molecule has 0 saturated heterocycles. The molecule has 2 N–H and O–H groups in total. The first-order chi connectivity index (χ1) is 10.2. The van der Waals surface area contributed by atoms with Gasteiger partial charge in [0, 0.05) is 25.2 Å². The number of nitrogens with zero attached hydrogens (tertiary/aromatic N) is 1. The maximum absolute atomic E-state index is 12.4. The Balaban J connectivity index is 1.55. The second-order valence-corrected chi connectivity index (χ2v) is 6.59. The summed E-state index contributed by atoms with van der Waals surface area (Å²) < 4.78 is 0. The zero-order valence-electron chi connectivity index (χ0n) is 12.8. The molecule has 0 atom stereocenters. The second-order valence-electron chi connectivity index (χ2n) is 6.59. The van der Waals surface area contributed by atoms with Crippen molar-refractivity contribution >= 4 is 11.6 Å². The summed E-state index contributed by atoms with van der Waals surface area (Å²) in [4.78, 5) is 14.4. The summed E-state index contributed by atoms with van der Waals surface area (Å²) in [7, 11) is 0. The van der Waals surface area contributed by atoms with E-state index in [1.807, 2.05) is 17.0 Å². The van der Waals surface area contributed by atoms with Crippen LogP contribution in [0.25, 0.3) is 0 Å². The van der Waals surface area contributed by atoms with E-state index in [1.54, 1.807) is 0 Å². The van der Waals surface area contributed by atoms with E-state index in [4.69, 9.17) is 5.73 Å². The number of nitrogen functional groups attached to an aromatic ring is 1. The molecule has 21 heavy (non-hydrogen) atoms. The summed E-state index contributed by atoms with van der Waals surface area (Å²) in [5.41, 5.74) is 9.36. The topological polar surface area (TPSA) is 46.3 Å². The summed E-state index contributed by atoms with van der Waals surface area (Å²) >= 11 is 0. The number of hydrogen-bond acceptors (Lipinski definition) is 2. The Labute approximate surface area is 127 Å². The van der Waals surface area contributed by atoms with Crippen LogP contribution in [0.3, 0.4) is 0 Å². The molecule has 3 heteroatoms. The van der Waals surface area contributed by atoms with Crippen molar-refractivity contribution in [3.63, 3.8) is 0 Å². The molecule has 1 aliphatic carbocycles. The fraction of sp³-hybridized carbons (Fsp3) is 0.611. The van der Waals surface area contributed by atoms with Crippen LogP contribution < -0.4 is 5.73 Å². The zero-order valence-corrected chi connectivity index (χ0v) is 12.8. The number of benzene rings is 1. The third kappa shape index (κ3) is 3.39. The number of nitrogens with two attached hydrogens (primary N) is 1. The van der Waals surface area contributed by atoms with Crippen LogP contribution in [0.5, 0.6) is 0 Å². The SMILES string of the molecule is Nc1cccc2c1CN(C(=O)CCC1CCCCC1)CC2.